The lowest BCUT2D eigenvalue weighted by molar-refractivity contribution is 0.147. The van der Waals surface area contributed by atoms with Gasteiger partial charge in [0.05, 0.1) is 25.0 Å². The van der Waals surface area contributed by atoms with Crippen LogP contribution in [0.3, 0.4) is 0 Å². The summed E-state index contributed by atoms with van der Waals surface area (Å²) in [6, 6.07) is 6.99. The van der Waals surface area contributed by atoms with Crippen LogP contribution in [-0.4, -0.2) is 33.4 Å². The number of fused-ring (bicyclic) bond motifs is 1. The average Bonchev–Trinajstić information content (AvgIpc) is 3.35. The quantitative estimate of drug-likeness (QED) is 0.914. The van der Waals surface area contributed by atoms with Crippen LogP contribution in [0.15, 0.2) is 24.3 Å². The largest absolute Gasteiger partial charge is 0.497 e. The Morgan fingerprint density at radius 3 is 2.88 bits per heavy atom. The van der Waals surface area contributed by atoms with Gasteiger partial charge in [0.15, 0.2) is 0 Å². The van der Waals surface area contributed by atoms with Crippen LogP contribution < -0.4 is 4.74 Å². The fourth-order valence-corrected chi connectivity index (χ4v) is 3.30. The molecule has 0 unspecified atom stereocenters. The molecule has 2 aliphatic rings. The number of aliphatic hydroxyl groups is 1. The second kappa shape index (κ2) is 6.18. The maximum Gasteiger partial charge on any atom is 0.131 e. The Morgan fingerprint density at radius 2 is 2.17 bits per heavy atom. The van der Waals surface area contributed by atoms with Gasteiger partial charge in [-0.1, -0.05) is 6.07 Å². The molecule has 1 aliphatic carbocycles. The molecule has 6 heteroatoms. The van der Waals surface area contributed by atoms with Gasteiger partial charge in [-0.05, 0) is 30.9 Å². The zero-order valence-electron chi connectivity index (χ0n) is 13.8. The molecule has 0 spiro atoms. The lowest BCUT2D eigenvalue weighted by Gasteiger charge is -2.27. The molecule has 1 aliphatic heterocycles. The third-order valence-corrected chi connectivity index (χ3v) is 4.92. The molecule has 2 aromatic rings. The molecule has 128 valence electrons. The van der Waals surface area contributed by atoms with E-state index in [0.29, 0.717) is 23.8 Å². The fourth-order valence-electron chi connectivity index (χ4n) is 3.30. The highest BCUT2D eigenvalue weighted by atomic mass is 19.1. The highest BCUT2D eigenvalue weighted by Gasteiger charge is 2.33. The van der Waals surface area contributed by atoms with Gasteiger partial charge in [0.25, 0.3) is 0 Å². The highest BCUT2D eigenvalue weighted by Crippen LogP contribution is 2.40. The average molecular weight is 331 g/mol. The molecule has 1 atom stereocenters. The first kappa shape index (κ1) is 15.6. The summed E-state index contributed by atoms with van der Waals surface area (Å²) < 4.78 is 21.2. The van der Waals surface area contributed by atoms with Crippen molar-refractivity contribution in [2.75, 3.05) is 13.7 Å². The fraction of sp³-hybridized carbons (Fsp3) is 0.500. The molecule has 1 saturated carbocycles. The molecule has 0 saturated heterocycles. The Hall–Kier alpha value is -1.92. The standard InChI is InChI=1S/C18H22FN3O2/c1-24-15-5-4-13(16(19)9-15)10-21-6-7-22-14(11-21)8-17(20-22)18(23)12-2-3-12/h4-5,8-9,12,18,23H,2-3,6-7,10-11H2,1H3/t18-/m1/s1. The minimum absolute atomic E-state index is 0.238. The van der Waals surface area contributed by atoms with Crippen molar-refractivity contribution in [2.24, 2.45) is 5.92 Å². The molecular formula is C18H22FN3O2. The molecule has 1 aromatic heterocycles. The number of hydrogen-bond donors (Lipinski definition) is 1. The van der Waals surface area contributed by atoms with Crippen LogP contribution >= 0.6 is 0 Å². The minimum atomic E-state index is -0.435. The molecule has 0 radical (unpaired) electrons. The number of hydrogen-bond acceptors (Lipinski definition) is 4. The van der Waals surface area contributed by atoms with Crippen LogP contribution in [0.2, 0.25) is 0 Å². The van der Waals surface area contributed by atoms with Gasteiger partial charge in [-0.2, -0.15) is 5.10 Å². The maximum atomic E-state index is 14.1. The van der Waals surface area contributed by atoms with E-state index in [1.54, 1.807) is 12.1 Å². The van der Waals surface area contributed by atoms with Gasteiger partial charge < -0.3 is 9.84 Å². The third kappa shape index (κ3) is 3.03. The molecule has 4 rings (SSSR count). The first-order valence-electron chi connectivity index (χ1n) is 8.43. The number of methoxy groups -OCH3 is 1. The Kier molecular flexibility index (Phi) is 4.02. The SMILES string of the molecule is COc1ccc(CN2CCn3nc([C@H](O)C4CC4)cc3C2)c(F)c1. The first-order chi connectivity index (χ1) is 11.6. The number of rotatable bonds is 5. The molecule has 1 N–H and O–H groups in total. The lowest BCUT2D eigenvalue weighted by atomic mass is 10.1. The van der Waals surface area contributed by atoms with Crippen molar-refractivity contribution in [1.82, 2.24) is 14.7 Å². The predicted molar refractivity (Wildman–Crippen MR) is 87.0 cm³/mol. The van der Waals surface area contributed by atoms with Crippen molar-refractivity contribution in [3.8, 4) is 5.75 Å². The van der Waals surface area contributed by atoms with Crippen molar-refractivity contribution < 1.29 is 14.2 Å². The van der Waals surface area contributed by atoms with E-state index in [9.17, 15) is 9.50 Å². The van der Waals surface area contributed by atoms with Gasteiger partial charge in [0.2, 0.25) is 0 Å². The lowest BCUT2D eigenvalue weighted by Crippen LogP contribution is -2.33. The van der Waals surface area contributed by atoms with Crippen LogP contribution in [0.4, 0.5) is 4.39 Å². The summed E-state index contributed by atoms with van der Waals surface area (Å²) in [4.78, 5) is 2.20. The number of ether oxygens (including phenoxy) is 1. The van der Waals surface area contributed by atoms with Gasteiger partial charge in [-0.3, -0.25) is 9.58 Å². The topological polar surface area (TPSA) is 50.5 Å². The number of aliphatic hydroxyl groups excluding tert-OH is 1. The first-order valence-corrected chi connectivity index (χ1v) is 8.43. The number of aromatic nitrogens is 2. The molecule has 5 nitrogen and oxygen atoms in total. The van der Waals surface area contributed by atoms with Gasteiger partial charge in [-0.15, -0.1) is 0 Å². The molecule has 2 heterocycles. The van der Waals surface area contributed by atoms with Crippen molar-refractivity contribution >= 4 is 0 Å². The van der Waals surface area contributed by atoms with E-state index in [-0.39, 0.29) is 5.82 Å². The Labute approximate surface area is 140 Å². The molecule has 0 bridgehead atoms. The van der Waals surface area contributed by atoms with Gasteiger partial charge in [-0.25, -0.2) is 4.39 Å². The van der Waals surface area contributed by atoms with E-state index >= 15 is 0 Å². The summed E-state index contributed by atoms with van der Waals surface area (Å²) in [7, 11) is 1.54. The van der Waals surface area contributed by atoms with Crippen LogP contribution in [-0.2, 0) is 19.6 Å². The molecule has 1 fully saturated rings. The zero-order chi connectivity index (χ0) is 16.7. The number of nitrogens with zero attached hydrogens (tertiary/aromatic N) is 3. The van der Waals surface area contributed by atoms with Crippen LogP contribution in [0.25, 0.3) is 0 Å². The number of benzene rings is 1. The number of halogens is 1. The summed E-state index contributed by atoms with van der Waals surface area (Å²) in [5, 5.41) is 14.8. The van der Waals surface area contributed by atoms with E-state index < -0.39 is 6.10 Å². The third-order valence-electron chi connectivity index (χ3n) is 4.92. The van der Waals surface area contributed by atoms with Crippen molar-refractivity contribution in [2.45, 2.75) is 38.6 Å². The Bertz CT molecular complexity index is 742. The zero-order valence-corrected chi connectivity index (χ0v) is 13.8. The smallest absolute Gasteiger partial charge is 0.131 e. The summed E-state index contributed by atoms with van der Waals surface area (Å²) in [6.45, 7) is 2.86. The summed E-state index contributed by atoms with van der Waals surface area (Å²) >= 11 is 0. The Balaban J connectivity index is 1.46. The highest BCUT2D eigenvalue weighted by molar-refractivity contribution is 5.29. The van der Waals surface area contributed by atoms with E-state index in [0.717, 1.165) is 43.9 Å². The second-order valence-electron chi connectivity index (χ2n) is 6.73. The summed E-state index contributed by atoms with van der Waals surface area (Å²) in [5.41, 5.74) is 2.54. The van der Waals surface area contributed by atoms with Gasteiger partial charge in [0, 0.05) is 31.3 Å². The molecule has 1 aromatic carbocycles. The minimum Gasteiger partial charge on any atom is -0.497 e. The summed E-state index contributed by atoms with van der Waals surface area (Å²) in [6.07, 6.45) is 1.74. The van der Waals surface area contributed by atoms with Gasteiger partial charge >= 0.3 is 0 Å². The monoisotopic (exact) mass is 331 g/mol. The van der Waals surface area contributed by atoms with Crippen LogP contribution in [0.1, 0.15) is 35.9 Å². The van der Waals surface area contributed by atoms with Crippen molar-refractivity contribution in [3.05, 3.63) is 47.0 Å². The van der Waals surface area contributed by atoms with E-state index in [1.165, 1.54) is 13.2 Å². The second-order valence-corrected chi connectivity index (χ2v) is 6.73. The normalized spacial score (nSPS) is 19.1. The van der Waals surface area contributed by atoms with E-state index in [2.05, 4.69) is 10.00 Å². The van der Waals surface area contributed by atoms with Crippen LogP contribution in [0.5, 0.6) is 5.75 Å². The van der Waals surface area contributed by atoms with E-state index in [1.807, 2.05) is 10.7 Å². The predicted octanol–water partition coefficient (Wildman–Crippen LogP) is 2.49. The maximum absolute atomic E-state index is 14.1. The van der Waals surface area contributed by atoms with E-state index in [4.69, 9.17) is 4.74 Å². The molecule has 0 amide bonds. The Morgan fingerprint density at radius 1 is 1.33 bits per heavy atom. The van der Waals surface area contributed by atoms with Gasteiger partial charge in [0.1, 0.15) is 17.7 Å². The van der Waals surface area contributed by atoms with Crippen molar-refractivity contribution in [1.29, 1.82) is 0 Å². The summed E-state index contributed by atoms with van der Waals surface area (Å²) in [5.74, 6) is 0.677. The molecular weight excluding hydrogens is 309 g/mol. The van der Waals surface area contributed by atoms with Crippen molar-refractivity contribution in [3.63, 3.8) is 0 Å². The molecule has 24 heavy (non-hydrogen) atoms. The van der Waals surface area contributed by atoms with Crippen LogP contribution in [0, 0.1) is 11.7 Å².